The van der Waals surface area contributed by atoms with Gasteiger partial charge in [-0.15, -0.1) is 5.10 Å². The molecule has 4 aromatic rings. The average Bonchev–Trinajstić information content (AvgIpc) is 3.23. The molecule has 1 amide bonds. The Kier molecular flexibility index (Phi) is 5.94. The first-order chi connectivity index (χ1) is 14.7. The summed E-state index contributed by atoms with van der Waals surface area (Å²) in [5, 5.41) is 14.7. The van der Waals surface area contributed by atoms with Gasteiger partial charge in [0.05, 0.1) is 11.3 Å². The van der Waals surface area contributed by atoms with Crippen LogP contribution in [0.2, 0.25) is 0 Å². The molecule has 0 unspecified atom stereocenters. The molecule has 0 radical (unpaired) electrons. The number of para-hydroxylation sites is 1. The second-order valence-electron chi connectivity index (χ2n) is 7.07. The SMILES string of the molecule is Cc1nnnn1-c1ccccc1C(=O)NCCC(c1ccccc1)c1ccccc1. The number of aromatic nitrogens is 4. The molecule has 30 heavy (non-hydrogen) atoms. The highest BCUT2D eigenvalue weighted by Crippen LogP contribution is 2.27. The first-order valence-electron chi connectivity index (χ1n) is 9.96. The molecule has 0 saturated carbocycles. The minimum absolute atomic E-state index is 0.139. The van der Waals surface area contributed by atoms with Gasteiger partial charge in [-0.05, 0) is 47.0 Å². The molecule has 0 aliphatic carbocycles. The number of hydrogen-bond donors (Lipinski definition) is 1. The van der Waals surface area contributed by atoms with Crippen LogP contribution in [0.15, 0.2) is 84.9 Å². The van der Waals surface area contributed by atoms with Crippen LogP contribution in [0.5, 0.6) is 0 Å². The number of rotatable bonds is 7. The summed E-state index contributed by atoms with van der Waals surface area (Å²) in [6.45, 7) is 2.36. The summed E-state index contributed by atoms with van der Waals surface area (Å²) in [7, 11) is 0. The van der Waals surface area contributed by atoms with Gasteiger partial charge in [-0.3, -0.25) is 4.79 Å². The lowest BCUT2D eigenvalue weighted by atomic mass is 9.88. The number of hydrogen-bond acceptors (Lipinski definition) is 4. The van der Waals surface area contributed by atoms with Gasteiger partial charge in [0.2, 0.25) is 0 Å². The van der Waals surface area contributed by atoms with Crippen molar-refractivity contribution >= 4 is 5.91 Å². The van der Waals surface area contributed by atoms with Gasteiger partial charge in [-0.25, -0.2) is 0 Å². The number of nitrogens with one attached hydrogen (secondary N) is 1. The van der Waals surface area contributed by atoms with Crippen LogP contribution in [0, 0.1) is 6.92 Å². The van der Waals surface area contributed by atoms with Gasteiger partial charge in [-0.1, -0.05) is 72.8 Å². The topological polar surface area (TPSA) is 72.7 Å². The van der Waals surface area contributed by atoms with E-state index in [9.17, 15) is 4.79 Å². The Morgan fingerprint density at radius 2 is 1.50 bits per heavy atom. The Morgan fingerprint density at radius 3 is 2.10 bits per heavy atom. The van der Waals surface area contributed by atoms with Gasteiger partial charge in [0.1, 0.15) is 0 Å². The molecular weight excluding hydrogens is 374 g/mol. The van der Waals surface area contributed by atoms with Crippen LogP contribution in [0.1, 0.15) is 39.6 Å². The Labute approximate surface area is 175 Å². The molecule has 150 valence electrons. The van der Waals surface area contributed by atoms with Crippen LogP contribution in [0.4, 0.5) is 0 Å². The standard InChI is InChI=1S/C24H23N5O/c1-18-26-27-28-29(18)23-15-9-8-14-22(23)24(30)25-17-16-21(19-10-4-2-5-11-19)20-12-6-3-7-13-20/h2-15,21H,16-17H2,1H3,(H,25,30). The Hall–Kier alpha value is -3.80. The third-order valence-corrected chi connectivity index (χ3v) is 5.12. The largest absolute Gasteiger partial charge is 0.352 e. The number of carbonyl (C=O) groups is 1. The van der Waals surface area contributed by atoms with E-state index in [1.54, 1.807) is 17.7 Å². The van der Waals surface area contributed by atoms with Crippen molar-refractivity contribution in [2.75, 3.05) is 6.54 Å². The summed E-state index contributed by atoms with van der Waals surface area (Å²) in [6, 6.07) is 28.1. The molecule has 6 heteroatoms. The van der Waals surface area contributed by atoms with E-state index in [-0.39, 0.29) is 11.8 Å². The fourth-order valence-electron chi connectivity index (χ4n) is 3.63. The van der Waals surface area contributed by atoms with E-state index in [4.69, 9.17) is 0 Å². The zero-order valence-corrected chi connectivity index (χ0v) is 16.8. The number of tetrazole rings is 1. The number of carbonyl (C=O) groups excluding carboxylic acids is 1. The molecule has 0 bridgehead atoms. The van der Waals surface area contributed by atoms with Crippen molar-refractivity contribution in [2.45, 2.75) is 19.3 Å². The van der Waals surface area contributed by atoms with Crippen molar-refractivity contribution in [2.24, 2.45) is 0 Å². The van der Waals surface area contributed by atoms with Crippen LogP contribution in [0.3, 0.4) is 0 Å². The molecule has 0 atom stereocenters. The zero-order chi connectivity index (χ0) is 20.8. The minimum Gasteiger partial charge on any atom is -0.352 e. The average molecular weight is 397 g/mol. The lowest BCUT2D eigenvalue weighted by Gasteiger charge is -2.19. The van der Waals surface area contributed by atoms with Crippen LogP contribution in [0.25, 0.3) is 5.69 Å². The van der Waals surface area contributed by atoms with E-state index in [2.05, 4.69) is 69.4 Å². The van der Waals surface area contributed by atoms with E-state index in [0.717, 1.165) is 6.42 Å². The molecule has 0 aliphatic rings. The van der Waals surface area contributed by atoms with E-state index in [1.807, 2.05) is 30.3 Å². The van der Waals surface area contributed by atoms with E-state index < -0.39 is 0 Å². The molecule has 1 heterocycles. The molecule has 1 aromatic heterocycles. The van der Waals surface area contributed by atoms with Crippen LogP contribution >= 0.6 is 0 Å². The molecule has 4 rings (SSSR count). The van der Waals surface area contributed by atoms with Gasteiger partial charge in [0.25, 0.3) is 5.91 Å². The maximum absolute atomic E-state index is 12.9. The minimum atomic E-state index is -0.139. The van der Waals surface area contributed by atoms with Gasteiger partial charge < -0.3 is 5.32 Å². The lowest BCUT2D eigenvalue weighted by molar-refractivity contribution is 0.0952. The predicted octanol–water partition coefficient (Wildman–Crippen LogP) is 3.92. The fourth-order valence-corrected chi connectivity index (χ4v) is 3.63. The van der Waals surface area contributed by atoms with E-state index >= 15 is 0 Å². The van der Waals surface area contributed by atoms with Gasteiger partial charge in [0.15, 0.2) is 5.82 Å². The second kappa shape index (κ2) is 9.13. The number of amides is 1. The highest BCUT2D eigenvalue weighted by molar-refractivity contribution is 5.97. The molecule has 0 aliphatic heterocycles. The monoisotopic (exact) mass is 397 g/mol. The smallest absolute Gasteiger partial charge is 0.253 e. The third kappa shape index (κ3) is 4.27. The maximum atomic E-state index is 12.9. The summed E-state index contributed by atoms with van der Waals surface area (Å²) in [4.78, 5) is 12.9. The van der Waals surface area contributed by atoms with Gasteiger partial charge in [0, 0.05) is 12.5 Å². The molecule has 0 saturated heterocycles. The van der Waals surface area contributed by atoms with E-state index in [1.165, 1.54) is 11.1 Å². The van der Waals surface area contributed by atoms with Crippen LogP contribution in [-0.2, 0) is 0 Å². The highest BCUT2D eigenvalue weighted by atomic mass is 16.1. The van der Waals surface area contributed by atoms with Crippen molar-refractivity contribution < 1.29 is 4.79 Å². The number of nitrogens with zero attached hydrogens (tertiary/aromatic N) is 4. The summed E-state index contributed by atoms with van der Waals surface area (Å²) < 4.78 is 1.58. The van der Waals surface area contributed by atoms with E-state index in [0.29, 0.717) is 23.6 Å². The third-order valence-electron chi connectivity index (χ3n) is 5.12. The summed E-state index contributed by atoms with van der Waals surface area (Å²) in [5.74, 6) is 0.702. The molecule has 1 N–H and O–H groups in total. The van der Waals surface area contributed by atoms with Crippen molar-refractivity contribution in [1.82, 2.24) is 25.5 Å². The normalized spacial score (nSPS) is 10.9. The molecular formula is C24H23N5O. The van der Waals surface area contributed by atoms with Gasteiger partial charge >= 0.3 is 0 Å². The van der Waals surface area contributed by atoms with Crippen LogP contribution < -0.4 is 5.32 Å². The van der Waals surface area contributed by atoms with Gasteiger partial charge in [-0.2, -0.15) is 4.68 Å². The molecule has 3 aromatic carbocycles. The summed E-state index contributed by atoms with van der Waals surface area (Å²) >= 11 is 0. The zero-order valence-electron chi connectivity index (χ0n) is 16.8. The predicted molar refractivity (Wildman–Crippen MR) is 116 cm³/mol. The molecule has 0 spiro atoms. The van der Waals surface area contributed by atoms with Crippen molar-refractivity contribution in [3.8, 4) is 5.69 Å². The molecule has 0 fully saturated rings. The quantitative estimate of drug-likeness (QED) is 0.513. The number of aryl methyl sites for hydroxylation is 1. The second-order valence-corrected chi connectivity index (χ2v) is 7.07. The highest BCUT2D eigenvalue weighted by Gasteiger charge is 2.17. The molecule has 6 nitrogen and oxygen atoms in total. The first-order valence-corrected chi connectivity index (χ1v) is 9.96. The van der Waals surface area contributed by atoms with Crippen molar-refractivity contribution in [3.05, 3.63) is 107 Å². The maximum Gasteiger partial charge on any atom is 0.253 e. The fraction of sp³-hybridized carbons (Fsp3) is 0.167. The Bertz CT molecular complexity index is 1070. The number of benzene rings is 3. The summed E-state index contributed by atoms with van der Waals surface area (Å²) in [6.07, 6.45) is 0.797. The van der Waals surface area contributed by atoms with Crippen molar-refractivity contribution in [3.63, 3.8) is 0 Å². The Balaban J connectivity index is 1.50. The van der Waals surface area contributed by atoms with Crippen LogP contribution in [-0.4, -0.2) is 32.7 Å². The Morgan fingerprint density at radius 1 is 0.900 bits per heavy atom. The van der Waals surface area contributed by atoms with Crippen molar-refractivity contribution in [1.29, 1.82) is 0 Å². The lowest BCUT2D eigenvalue weighted by Crippen LogP contribution is -2.27. The summed E-state index contributed by atoms with van der Waals surface area (Å²) in [5.41, 5.74) is 3.69. The first kappa shape index (κ1) is 19.5.